The number of hydrogen-bond donors (Lipinski definition) is 1. The second-order valence-electron chi connectivity index (χ2n) is 5.34. The van der Waals surface area contributed by atoms with E-state index in [0.29, 0.717) is 0 Å². The van der Waals surface area contributed by atoms with Crippen LogP contribution in [0.3, 0.4) is 0 Å². The molecule has 0 aromatic carbocycles. The Morgan fingerprint density at radius 1 is 1.27 bits per heavy atom. The smallest absolute Gasteiger partial charge is 0.0272 e. The van der Waals surface area contributed by atoms with Gasteiger partial charge in [0.25, 0.3) is 0 Å². The molecule has 1 saturated heterocycles. The van der Waals surface area contributed by atoms with Crippen molar-refractivity contribution in [3.05, 3.63) is 0 Å². The Labute approximate surface area is 94.6 Å². The molecule has 1 aliphatic heterocycles. The van der Waals surface area contributed by atoms with E-state index in [1.165, 1.54) is 38.9 Å². The lowest BCUT2D eigenvalue weighted by Crippen LogP contribution is -2.47. The standard InChI is InChI=1S/C12H27N3/c1-12(2,11-13)14(3)7-6-10-15-8-4-5-9-15/h4-11,13H2,1-3H3. The van der Waals surface area contributed by atoms with E-state index in [0.717, 1.165) is 13.1 Å². The zero-order valence-corrected chi connectivity index (χ0v) is 10.6. The molecule has 0 spiro atoms. The lowest BCUT2D eigenvalue weighted by atomic mass is 10.0. The first kappa shape index (κ1) is 12.9. The minimum Gasteiger partial charge on any atom is -0.329 e. The summed E-state index contributed by atoms with van der Waals surface area (Å²) < 4.78 is 0. The number of nitrogens with zero attached hydrogens (tertiary/aromatic N) is 2. The van der Waals surface area contributed by atoms with E-state index >= 15 is 0 Å². The predicted octanol–water partition coefficient (Wildman–Crippen LogP) is 1.14. The minimum atomic E-state index is 0.144. The Bertz CT molecular complexity index is 174. The molecule has 0 amide bonds. The summed E-state index contributed by atoms with van der Waals surface area (Å²) in [5, 5.41) is 0. The first-order chi connectivity index (χ1) is 7.06. The van der Waals surface area contributed by atoms with Gasteiger partial charge < -0.3 is 10.6 Å². The fraction of sp³-hybridized carbons (Fsp3) is 1.00. The molecule has 3 heteroatoms. The summed E-state index contributed by atoms with van der Waals surface area (Å²) in [5.41, 5.74) is 5.89. The first-order valence-corrected chi connectivity index (χ1v) is 6.20. The molecular weight excluding hydrogens is 186 g/mol. The Morgan fingerprint density at radius 3 is 2.40 bits per heavy atom. The molecule has 0 unspecified atom stereocenters. The maximum absolute atomic E-state index is 5.75. The molecule has 2 N–H and O–H groups in total. The van der Waals surface area contributed by atoms with Crippen LogP contribution in [0.4, 0.5) is 0 Å². The average Bonchev–Trinajstić information content (AvgIpc) is 2.70. The molecular formula is C12H27N3. The van der Waals surface area contributed by atoms with Crippen LogP contribution in [0, 0.1) is 0 Å². The summed E-state index contributed by atoms with van der Waals surface area (Å²) in [6.45, 7) is 10.2. The van der Waals surface area contributed by atoms with Gasteiger partial charge in [-0.15, -0.1) is 0 Å². The van der Waals surface area contributed by atoms with Crippen LogP contribution in [0.15, 0.2) is 0 Å². The Kier molecular flexibility index (Phi) is 5.03. The highest BCUT2D eigenvalue weighted by Crippen LogP contribution is 2.12. The summed E-state index contributed by atoms with van der Waals surface area (Å²) in [7, 11) is 2.18. The van der Waals surface area contributed by atoms with Gasteiger partial charge in [-0.05, 0) is 66.3 Å². The van der Waals surface area contributed by atoms with Crippen LogP contribution in [0.2, 0.25) is 0 Å². The van der Waals surface area contributed by atoms with Crippen molar-refractivity contribution in [2.24, 2.45) is 5.73 Å². The van der Waals surface area contributed by atoms with E-state index in [2.05, 4.69) is 30.7 Å². The number of nitrogens with two attached hydrogens (primary N) is 1. The van der Waals surface area contributed by atoms with Gasteiger partial charge >= 0.3 is 0 Å². The summed E-state index contributed by atoms with van der Waals surface area (Å²) >= 11 is 0. The highest BCUT2D eigenvalue weighted by Gasteiger charge is 2.21. The third-order valence-electron chi connectivity index (χ3n) is 3.70. The minimum absolute atomic E-state index is 0.144. The molecule has 0 radical (unpaired) electrons. The number of likely N-dealkylation sites (N-methyl/N-ethyl adjacent to an activating group) is 1. The molecule has 1 fully saturated rings. The molecule has 3 nitrogen and oxygen atoms in total. The zero-order valence-electron chi connectivity index (χ0n) is 10.6. The second-order valence-corrected chi connectivity index (χ2v) is 5.34. The zero-order chi connectivity index (χ0) is 11.3. The molecule has 0 aliphatic carbocycles. The fourth-order valence-electron chi connectivity index (χ4n) is 2.00. The van der Waals surface area contributed by atoms with Gasteiger partial charge in [0.05, 0.1) is 0 Å². The molecule has 90 valence electrons. The topological polar surface area (TPSA) is 32.5 Å². The third kappa shape index (κ3) is 4.09. The van der Waals surface area contributed by atoms with Crippen molar-refractivity contribution in [2.45, 2.75) is 38.6 Å². The van der Waals surface area contributed by atoms with Crippen LogP contribution in [0.5, 0.6) is 0 Å². The van der Waals surface area contributed by atoms with Crippen LogP contribution in [0.25, 0.3) is 0 Å². The van der Waals surface area contributed by atoms with Crippen LogP contribution < -0.4 is 5.73 Å². The Balaban J connectivity index is 2.13. The number of rotatable bonds is 6. The monoisotopic (exact) mass is 213 g/mol. The van der Waals surface area contributed by atoms with E-state index in [4.69, 9.17) is 5.73 Å². The molecule has 0 atom stereocenters. The normalized spacial score (nSPS) is 19.0. The van der Waals surface area contributed by atoms with Gasteiger partial charge in [0.2, 0.25) is 0 Å². The molecule has 1 rings (SSSR count). The van der Waals surface area contributed by atoms with E-state index < -0.39 is 0 Å². The molecule has 0 saturated carbocycles. The molecule has 1 aliphatic rings. The van der Waals surface area contributed by atoms with E-state index in [1.54, 1.807) is 0 Å². The molecule has 15 heavy (non-hydrogen) atoms. The van der Waals surface area contributed by atoms with Crippen molar-refractivity contribution >= 4 is 0 Å². The van der Waals surface area contributed by atoms with Gasteiger partial charge in [0.15, 0.2) is 0 Å². The largest absolute Gasteiger partial charge is 0.329 e. The second kappa shape index (κ2) is 5.83. The quantitative estimate of drug-likeness (QED) is 0.718. The SMILES string of the molecule is CN(CCCN1CCCC1)C(C)(C)CN. The van der Waals surface area contributed by atoms with Crippen molar-refractivity contribution in [1.82, 2.24) is 9.80 Å². The summed E-state index contributed by atoms with van der Waals surface area (Å²) in [4.78, 5) is 4.95. The van der Waals surface area contributed by atoms with Crippen molar-refractivity contribution in [2.75, 3.05) is 39.8 Å². The van der Waals surface area contributed by atoms with E-state index in [9.17, 15) is 0 Å². The molecule has 0 bridgehead atoms. The highest BCUT2D eigenvalue weighted by atomic mass is 15.2. The van der Waals surface area contributed by atoms with Gasteiger partial charge in [-0.1, -0.05) is 0 Å². The van der Waals surface area contributed by atoms with E-state index in [1.807, 2.05) is 0 Å². The van der Waals surface area contributed by atoms with Crippen LogP contribution in [-0.4, -0.2) is 55.1 Å². The van der Waals surface area contributed by atoms with Crippen molar-refractivity contribution in [1.29, 1.82) is 0 Å². The van der Waals surface area contributed by atoms with E-state index in [-0.39, 0.29) is 5.54 Å². The van der Waals surface area contributed by atoms with Gasteiger partial charge in [0.1, 0.15) is 0 Å². The van der Waals surface area contributed by atoms with Crippen molar-refractivity contribution < 1.29 is 0 Å². The predicted molar refractivity (Wildman–Crippen MR) is 66.1 cm³/mol. The maximum atomic E-state index is 5.75. The highest BCUT2D eigenvalue weighted by molar-refractivity contribution is 4.80. The van der Waals surface area contributed by atoms with Gasteiger partial charge in [-0.2, -0.15) is 0 Å². The molecule has 0 aromatic heterocycles. The van der Waals surface area contributed by atoms with Gasteiger partial charge in [0, 0.05) is 12.1 Å². The van der Waals surface area contributed by atoms with Crippen molar-refractivity contribution in [3.8, 4) is 0 Å². The summed E-state index contributed by atoms with van der Waals surface area (Å²) in [6.07, 6.45) is 4.05. The van der Waals surface area contributed by atoms with Crippen LogP contribution in [0.1, 0.15) is 33.1 Å². The van der Waals surface area contributed by atoms with Crippen LogP contribution >= 0.6 is 0 Å². The fourth-order valence-corrected chi connectivity index (χ4v) is 2.00. The average molecular weight is 213 g/mol. The number of likely N-dealkylation sites (tertiary alicyclic amines) is 1. The Hall–Kier alpha value is -0.120. The van der Waals surface area contributed by atoms with Crippen LogP contribution in [-0.2, 0) is 0 Å². The maximum Gasteiger partial charge on any atom is 0.0272 e. The van der Waals surface area contributed by atoms with Gasteiger partial charge in [-0.25, -0.2) is 0 Å². The van der Waals surface area contributed by atoms with Gasteiger partial charge in [-0.3, -0.25) is 4.90 Å². The lowest BCUT2D eigenvalue weighted by Gasteiger charge is -2.34. The first-order valence-electron chi connectivity index (χ1n) is 6.20. The Morgan fingerprint density at radius 2 is 1.87 bits per heavy atom. The number of hydrogen-bond acceptors (Lipinski definition) is 3. The molecule has 0 aromatic rings. The lowest BCUT2D eigenvalue weighted by molar-refractivity contribution is 0.155. The third-order valence-corrected chi connectivity index (χ3v) is 3.70. The summed E-state index contributed by atoms with van der Waals surface area (Å²) in [5.74, 6) is 0. The molecule has 1 heterocycles. The van der Waals surface area contributed by atoms with Crippen molar-refractivity contribution in [3.63, 3.8) is 0 Å². The summed E-state index contributed by atoms with van der Waals surface area (Å²) in [6, 6.07) is 0.